The molecule has 0 unspecified atom stereocenters. The summed E-state index contributed by atoms with van der Waals surface area (Å²) in [6.45, 7) is 5.40. The van der Waals surface area contributed by atoms with Gasteiger partial charge in [0.15, 0.2) is 0 Å². The van der Waals surface area contributed by atoms with E-state index < -0.39 is 0 Å². The van der Waals surface area contributed by atoms with Crippen LogP contribution in [0.25, 0.3) is 0 Å². The Morgan fingerprint density at radius 2 is 2.27 bits per heavy atom. The minimum absolute atomic E-state index is 0.0732. The number of aliphatic hydroxyl groups excluding tert-OH is 1. The fourth-order valence-electron chi connectivity index (χ4n) is 1.37. The van der Waals surface area contributed by atoms with Crippen LogP contribution in [0.15, 0.2) is 12.1 Å². The van der Waals surface area contributed by atoms with Gasteiger partial charge in [-0.1, -0.05) is 0 Å². The maximum atomic E-state index is 11.9. The maximum Gasteiger partial charge on any atom is 0.263 e. The first kappa shape index (κ1) is 12.2. The van der Waals surface area contributed by atoms with Crippen molar-refractivity contribution in [2.24, 2.45) is 0 Å². The van der Waals surface area contributed by atoms with Gasteiger partial charge in [0.2, 0.25) is 0 Å². The quantitative estimate of drug-likeness (QED) is 0.834. The molecule has 0 aliphatic heterocycles. The van der Waals surface area contributed by atoms with Gasteiger partial charge >= 0.3 is 0 Å². The lowest BCUT2D eigenvalue weighted by atomic mass is 10.3. The molecule has 1 aromatic rings. The number of rotatable bonds is 5. The van der Waals surface area contributed by atoms with Crippen LogP contribution in [0.3, 0.4) is 0 Å². The highest BCUT2D eigenvalue weighted by Gasteiger charge is 2.14. The third-order valence-electron chi connectivity index (χ3n) is 2.21. The van der Waals surface area contributed by atoms with Crippen molar-refractivity contribution in [3.63, 3.8) is 0 Å². The van der Waals surface area contributed by atoms with Crippen molar-refractivity contribution in [1.82, 2.24) is 4.90 Å². The van der Waals surface area contributed by atoms with Crippen LogP contribution in [0.1, 0.15) is 27.9 Å². The van der Waals surface area contributed by atoms with Gasteiger partial charge in [0, 0.05) is 24.6 Å². The zero-order valence-corrected chi connectivity index (χ0v) is 10.0. The average Bonchev–Trinajstić information content (AvgIpc) is 2.65. The van der Waals surface area contributed by atoms with Crippen LogP contribution in [-0.2, 0) is 0 Å². The molecular formula is C11H17NO2S. The molecule has 0 atom stereocenters. The number of carbonyl (C=O) groups excluding carboxylic acids is 1. The largest absolute Gasteiger partial charge is 0.396 e. The summed E-state index contributed by atoms with van der Waals surface area (Å²) >= 11 is 1.52. The van der Waals surface area contributed by atoms with Gasteiger partial charge in [-0.15, -0.1) is 11.3 Å². The van der Waals surface area contributed by atoms with Crippen LogP contribution >= 0.6 is 11.3 Å². The van der Waals surface area contributed by atoms with Gasteiger partial charge in [0.1, 0.15) is 0 Å². The molecule has 0 fully saturated rings. The Kier molecular flexibility index (Phi) is 4.78. The Morgan fingerprint density at radius 3 is 2.73 bits per heavy atom. The van der Waals surface area contributed by atoms with Crippen molar-refractivity contribution >= 4 is 17.2 Å². The summed E-state index contributed by atoms with van der Waals surface area (Å²) in [5.74, 6) is 0.0732. The molecule has 1 N–H and O–H groups in total. The summed E-state index contributed by atoms with van der Waals surface area (Å²) in [6, 6.07) is 3.82. The highest BCUT2D eigenvalue weighted by Crippen LogP contribution is 2.17. The summed E-state index contributed by atoms with van der Waals surface area (Å²) in [4.78, 5) is 15.6. The molecule has 0 saturated carbocycles. The lowest BCUT2D eigenvalue weighted by molar-refractivity contribution is 0.0759. The Balaban J connectivity index is 2.64. The van der Waals surface area contributed by atoms with Gasteiger partial charge in [-0.05, 0) is 32.4 Å². The van der Waals surface area contributed by atoms with Crippen molar-refractivity contribution in [2.75, 3.05) is 19.7 Å². The SMILES string of the molecule is CCN(CCCO)C(=O)c1ccc(C)s1. The van der Waals surface area contributed by atoms with Crippen LogP contribution in [0.2, 0.25) is 0 Å². The number of nitrogens with zero attached hydrogens (tertiary/aromatic N) is 1. The number of carbonyl (C=O) groups is 1. The molecular weight excluding hydrogens is 210 g/mol. The van der Waals surface area contributed by atoms with E-state index in [1.54, 1.807) is 4.90 Å². The van der Waals surface area contributed by atoms with Crippen LogP contribution in [0, 0.1) is 6.92 Å². The van der Waals surface area contributed by atoms with E-state index in [4.69, 9.17) is 5.11 Å². The molecule has 3 nitrogen and oxygen atoms in total. The van der Waals surface area contributed by atoms with Crippen molar-refractivity contribution in [2.45, 2.75) is 20.3 Å². The van der Waals surface area contributed by atoms with E-state index >= 15 is 0 Å². The fraction of sp³-hybridized carbons (Fsp3) is 0.545. The Morgan fingerprint density at radius 1 is 1.53 bits per heavy atom. The van der Waals surface area contributed by atoms with Gasteiger partial charge in [0.25, 0.3) is 5.91 Å². The first-order valence-corrected chi connectivity index (χ1v) is 5.97. The van der Waals surface area contributed by atoms with Gasteiger partial charge in [-0.2, -0.15) is 0 Å². The van der Waals surface area contributed by atoms with Crippen LogP contribution in [-0.4, -0.2) is 35.6 Å². The standard InChI is InChI=1S/C11H17NO2S/c1-3-12(7-4-8-13)11(14)10-6-5-9(2)15-10/h5-6,13H,3-4,7-8H2,1-2H3. The summed E-state index contributed by atoms with van der Waals surface area (Å²) in [7, 11) is 0. The molecule has 0 aliphatic rings. The molecule has 0 aliphatic carbocycles. The molecule has 0 aromatic carbocycles. The number of aryl methyl sites for hydroxylation is 1. The van der Waals surface area contributed by atoms with Gasteiger partial charge in [0.05, 0.1) is 4.88 Å². The second-order valence-electron chi connectivity index (χ2n) is 3.37. The number of thiophene rings is 1. The monoisotopic (exact) mass is 227 g/mol. The molecule has 0 spiro atoms. The van der Waals surface area contributed by atoms with Crippen molar-refractivity contribution in [3.05, 3.63) is 21.9 Å². The van der Waals surface area contributed by atoms with Crippen LogP contribution < -0.4 is 0 Å². The molecule has 15 heavy (non-hydrogen) atoms. The van der Waals surface area contributed by atoms with Crippen LogP contribution in [0.4, 0.5) is 0 Å². The summed E-state index contributed by atoms with van der Waals surface area (Å²) in [5, 5.41) is 8.73. The van der Waals surface area contributed by atoms with Crippen LogP contribution in [0.5, 0.6) is 0 Å². The number of aliphatic hydroxyl groups is 1. The summed E-state index contributed by atoms with van der Waals surface area (Å²) < 4.78 is 0. The van der Waals surface area contributed by atoms with E-state index in [0.29, 0.717) is 19.5 Å². The molecule has 84 valence electrons. The fourth-order valence-corrected chi connectivity index (χ4v) is 2.21. The third-order valence-corrected chi connectivity index (χ3v) is 3.19. The highest BCUT2D eigenvalue weighted by molar-refractivity contribution is 7.13. The Labute approximate surface area is 94.3 Å². The normalized spacial score (nSPS) is 10.3. The zero-order chi connectivity index (χ0) is 11.3. The zero-order valence-electron chi connectivity index (χ0n) is 9.19. The van der Waals surface area contributed by atoms with Gasteiger partial charge in [-0.25, -0.2) is 0 Å². The first-order valence-electron chi connectivity index (χ1n) is 5.15. The minimum atomic E-state index is 0.0732. The smallest absolute Gasteiger partial charge is 0.263 e. The second-order valence-corrected chi connectivity index (χ2v) is 4.66. The number of hydrogen-bond acceptors (Lipinski definition) is 3. The topological polar surface area (TPSA) is 40.5 Å². The van der Waals surface area contributed by atoms with E-state index in [9.17, 15) is 4.79 Å². The minimum Gasteiger partial charge on any atom is -0.396 e. The number of hydrogen-bond donors (Lipinski definition) is 1. The van der Waals surface area contributed by atoms with Crippen molar-refractivity contribution in [1.29, 1.82) is 0 Å². The molecule has 1 rings (SSSR count). The highest BCUT2D eigenvalue weighted by atomic mass is 32.1. The summed E-state index contributed by atoms with van der Waals surface area (Å²) in [5.41, 5.74) is 0. The van der Waals surface area contributed by atoms with E-state index in [1.165, 1.54) is 11.3 Å². The molecule has 0 bridgehead atoms. The average molecular weight is 227 g/mol. The number of amides is 1. The molecule has 1 aromatic heterocycles. The van der Waals surface area contributed by atoms with Crippen molar-refractivity contribution < 1.29 is 9.90 Å². The Hall–Kier alpha value is -0.870. The molecule has 0 radical (unpaired) electrons. The molecule has 0 saturated heterocycles. The predicted molar refractivity (Wildman–Crippen MR) is 62.3 cm³/mol. The lowest BCUT2D eigenvalue weighted by Gasteiger charge is -2.19. The van der Waals surface area contributed by atoms with Gasteiger partial charge in [-0.3, -0.25) is 4.79 Å². The maximum absolute atomic E-state index is 11.9. The second kappa shape index (κ2) is 5.88. The Bertz CT molecular complexity index is 322. The third kappa shape index (κ3) is 3.32. The van der Waals surface area contributed by atoms with Crippen molar-refractivity contribution in [3.8, 4) is 0 Å². The summed E-state index contributed by atoms with van der Waals surface area (Å²) in [6.07, 6.45) is 0.643. The molecule has 4 heteroatoms. The predicted octanol–water partition coefficient (Wildman–Crippen LogP) is 1.90. The van der Waals surface area contributed by atoms with E-state index in [2.05, 4.69) is 0 Å². The lowest BCUT2D eigenvalue weighted by Crippen LogP contribution is -2.31. The first-order chi connectivity index (χ1) is 7.19. The molecule has 1 heterocycles. The van der Waals surface area contributed by atoms with E-state index in [0.717, 1.165) is 9.75 Å². The van der Waals surface area contributed by atoms with Gasteiger partial charge < -0.3 is 10.0 Å². The van der Waals surface area contributed by atoms with E-state index in [-0.39, 0.29) is 12.5 Å². The van der Waals surface area contributed by atoms with E-state index in [1.807, 2.05) is 26.0 Å². The molecule has 1 amide bonds.